The van der Waals surface area contributed by atoms with Crippen LogP contribution in [0.5, 0.6) is 0 Å². The van der Waals surface area contributed by atoms with Gasteiger partial charge < -0.3 is 5.32 Å². The topological polar surface area (TPSA) is 12.0 Å². The van der Waals surface area contributed by atoms with Crippen molar-refractivity contribution in [2.45, 2.75) is 19.9 Å². The molecule has 0 aliphatic heterocycles. The van der Waals surface area contributed by atoms with Crippen LogP contribution in [-0.2, 0) is 0 Å². The Balaban J connectivity index is 2.98. The zero-order valence-electron chi connectivity index (χ0n) is 8.23. The SMILES string of the molecule is C=C(C)C(NCC)c1cc(Br)sc1Br. The molecule has 0 saturated heterocycles. The average Bonchev–Trinajstić information content (AvgIpc) is 2.40. The van der Waals surface area contributed by atoms with Gasteiger partial charge in [0, 0.05) is 0 Å². The largest absolute Gasteiger partial charge is 0.307 e. The molecule has 1 aromatic rings. The highest BCUT2D eigenvalue weighted by Gasteiger charge is 2.16. The van der Waals surface area contributed by atoms with E-state index >= 15 is 0 Å². The molecular formula is C10H13Br2NS. The number of rotatable bonds is 4. The summed E-state index contributed by atoms with van der Waals surface area (Å²) >= 11 is 8.74. The lowest BCUT2D eigenvalue weighted by Crippen LogP contribution is -2.21. The Kier molecular flexibility index (Phi) is 4.83. The van der Waals surface area contributed by atoms with Gasteiger partial charge >= 0.3 is 0 Å². The normalized spacial score (nSPS) is 12.9. The van der Waals surface area contributed by atoms with Crippen molar-refractivity contribution in [2.75, 3.05) is 6.54 Å². The molecule has 0 aromatic carbocycles. The molecular weight excluding hydrogens is 326 g/mol. The van der Waals surface area contributed by atoms with Crippen LogP contribution in [0.1, 0.15) is 25.5 Å². The molecule has 78 valence electrons. The summed E-state index contributed by atoms with van der Waals surface area (Å²) in [4.78, 5) is 0. The fraction of sp³-hybridized carbons (Fsp3) is 0.400. The van der Waals surface area contributed by atoms with Gasteiger partial charge in [-0.05, 0) is 57.0 Å². The Morgan fingerprint density at radius 3 is 2.64 bits per heavy atom. The number of thiophene rings is 1. The monoisotopic (exact) mass is 337 g/mol. The van der Waals surface area contributed by atoms with Gasteiger partial charge in [-0.3, -0.25) is 0 Å². The first-order valence-corrected chi connectivity index (χ1v) is 6.80. The van der Waals surface area contributed by atoms with Crippen LogP contribution in [0.25, 0.3) is 0 Å². The Morgan fingerprint density at radius 2 is 2.29 bits per heavy atom. The maximum atomic E-state index is 4.01. The average molecular weight is 339 g/mol. The molecule has 1 atom stereocenters. The van der Waals surface area contributed by atoms with Crippen molar-refractivity contribution in [2.24, 2.45) is 0 Å². The molecule has 1 nitrogen and oxygen atoms in total. The standard InChI is InChI=1S/C10H13Br2NS/c1-4-13-9(6(2)3)7-5-8(11)14-10(7)12/h5,9,13H,2,4H2,1,3H3. The highest BCUT2D eigenvalue weighted by atomic mass is 79.9. The summed E-state index contributed by atoms with van der Waals surface area (Å²) in [6.07, 6.45) is 0. The summed E-state index contributed by atoms with van der Waals surface area (Å²) in [7, 11) is 0. The summed E-state index contributed by atoms with van der Waals surface area (Å²) < 4.78 is 2.31. The highest BCUT2D eigenvalue weighted by molar-refractivity contribution is 9.12. The number of nitrogens with one attached hydrogen (secondary N) is 1. The van der Waals surface area contributed by atoms with Gasteiger partial charge in [0.05, 0.1) is 13.6 Å². The number of likely N-dealkylation sites (N-methyl/N-ethyl adjacent to an activating group) is 1. The maximum Gasteiger partial charge on any atom is 0.0761 e. The molecule has 0 aliphatic carbocycles. The zero-order chi connectivity index (χ0) is 10.7. The molecule has 1 N–H and O–H groups in total. The van der Waals surface area contributed by atoms with Crippen LogP contribution in [0.4, 0.5) is 0 Å². The summed E-state index contributed by atoms with van der Waals surface area (Å²) in [6.45, 7) is 9.10. The van der Waals surface area contributed by atoms with Gasteiger partial charge in [-0.15, -0.1) is 11.3 Å². The molecule has 1 rings (SSSR count). The van der Waals surface area contributed by atoms with Crippen molar-refractivity contribution in [3.8, 4) is 0 Å². The van der Waals surface area contributed by atoms with Gasteiger partial charge in [-0.25, -0.2) is 0 Å². The van der Waals surface area contributed by atoms with Crippen molar-refractivity contribution >= 4 is 43.2 Å². The fourth-order valence-corrected chi connectivity index (χ4v) is 4.21. The maximum absolute atomic E-state index is 4.01. The van der Waals surface area contributed by atoms with Crippen LogP contribution in [0.2, 0.25) is 0 Å². The smallest absolute Gasteiger partial charge is 0.0761 e. The first kappa shape index (κ1) is 12.4. The summed E-state index contributed by atoms with van der Waals surface area (Å²) in [5.74, 6) is 0. The molecule has 1 aromatic heterocycles. The molecule has 4 heteroatoms. The Bertz CT molecular complexity index is 333. The van der Waals surface area contributed by atoms with Gasteiger partial charge in [-0.2, -0.15) is 0 Å². The van der Waals surface area contributed by atoms with Crippen LogP contribution in [0, 0.1) is 0 Å². The lowest BCUT2D eigenvalue weighted by molar-refractivity contribution is 0.621. The van der Waals surface area contributed by atoms with Crippen molar-refractivity contribution < 1.29 is 0 Å². The molecule has 0 bridgehead atoms. The molecule has 0 saturated carbocycles. The minimum absolute atomic E-state index is 0.247. The van der Waals surface area contributed by atoms with E-state index in [4.69, 9.17) is 0 Å². The predicted molar refractivity (Wildman–Crippen MR) is 71.0 cm³/mol. The van der Waals surface area contributed by atoms with Gasteiger partial charge in [0.15, 0.2) is 0 Å². The van der Waals surface area contributed by atoms with E-state index in [1.54, 1.807) is 11.3 Å². The zero-order valence-corrected chi connectivity index (χ0v) is 12.2. The van der Waals surface area contributed by atoms with Crippen LogP contribution < -0.4 is 5.32 Å². The van der Waals surface area contributed by atoms with Gasteiger partial charge in [0.1, 0.15) is 0 Å². The van der Waals surface area contributed by atoms with Crippen LogP contribution in [0.3, 0.4) is 0 Å². The third-order valence-corrected chi connectivity index (χ3v) is 4.28. The number of halogens is 2. The first-order chi connectivity index (χ1) is 6.56. The first-order valence-electron chi connectivity index (χ1n) is 4.39. The Labute approximate surface area is 106 Å². The van der Waals surface area contributed by atoms with Gasteiger partial charge in [0.25, 0.3) is 0 Å². The van der Waals surface area contributed by atoms with Crippen molar-refractivity contribution in [3.63, 3.8) is 0 Å². The number of hydrogen-bond acceptors (Lipinski definition) is 2. The number of hydrogen-bond donors (Lipinski definition) is 1. The van der Waals surface area contributed by atoms with E-state index in [1.165, 1.54) is 9.35 Å². The van der Waals surface area contributed by atoms with E-state index in [2.05, 4.69) is 56.7 Å². The molecule has 0 aliphatic rings. The van der Waals surface area contributed by atoms with E-state index in [-0.39, 0.29) is 6.04 Å². The van der Waals surface area contributed by atoms with E-state index in [9.17, 15) is 0 Å². The highest BCUT2D eigenvalue weighted by Crippen LogP contribution is 2.37. The second-order valence-corrected chi connectivity index (χ2v) is 6.87. The quantitative estimate of drug-likeness (QED) is 0.797. The summed E-state index contributed by atoms with van der Waals surface area (Å²) in [5.41, 5.74) is 2.40. The summed E-state index contributed by atoms with van der Waals surface area (Å²) in [6, 6.07) is 2.38. The van der Waals surface area contributed by atoms with Gasteiger partial charge in [-0.1, -0.05) is 19.1 Å². The lowest BCUT2D eigenvalue weighted by Gasteiger charge is -2.17. The second kappa shape index (κ2) is 5.45. The molecule has 1 unspecified atom stereocenters. The minimum Gasteiger partial charge on any atom is -0.307 e. The molecule has 0 radical (unpaired) electrons. The van der Waals surface area contributed by atoms with E-state index in [0.717, 1.165) is 15.9 Å². The molecule has 1 heterocycles. The second-order valence-electron chi connectivity index (χ2n) is 3.12. The fourth-order valence-electron chi connectivity index (χ4n) is 1.30. The van der Waals surface area contributed by atoms with E-state index < -0.39 is 0 Å². The van der Waals surface area contributed by atoms with Crippen LogP contribution in [-0.4, -0.2) is 6.54 Å². The van der Waals surface area contributed by atoms with Crippen LogP contribution in [0.15, 0.2) is 25.8 Å². The Morgan fingerprint density at radius 1 is 1.64 bits per heavy atom. The minimum atomic E-state index is 0.247. The predicted octanol–water partition coefficient (Wildman–Crippen LogP) is 4.50. The third kappa shape index (κ3) is 2.92. The van der Waals surface area contributed by atoms with E-state index in [1.807, 2.05) is 6.92 Å². The van der Waals surface area contributed by atoms with Crippen molar-refractivity contribution in [3.05, 3.63) is 31.4 Å². The molecule has 14 heavy (non-hydrogen) atoms. The summed E-state index contributed by atoms with van der Waals surface area (Å²) in [5, 5.41) is 3.41. The van der Waals surface area contributed by atoms with Crippen molar-refractivity contribution in [1.29, 1.82) is 0 Å². The van der Waals surface area contributed by atoms with Crippen molar-refractivity contribution in [1.82, 2.24) is 5.32 Å². The molecule has 0 amide bonds. The van der Waals surface area contributed by atoms with E-state index in [0.29, 0.717) is 0 Å². The lowest BCUT2D eigenvalue weighted by atomic mass is 10.0. The third-order valence-electron chi connectivity index (χ3n) is 1.90. The van der Waals surface area contributed by atoms with Gasteiger partial charge in [0.2, 0.25) is 0 Å². The molecule has 0 spiro atoms. The Hall–Kier alpha value is 0.360. The molecule has 0 fully saturated rings. The van der Waals surface area contributed by atoms with Crippen LogP contribution >= 0.6 is 43.2 Å².